The van der Waals surface area contributed by atoms with E-state index in [1.54, 1.807) is 38.6 Å². The van der Waals surface area contributed by atoms with Gasteiger partial charge in [-0.15, -0.1) is 0 Å². The van der Waals surface area contributed by atoms with Crippen LogP contribution < -0.4 is 53.5 Å². The standard InChI is InChI=1S/C62H90N13O14P.C10H12N5O3.Co/c1-29-20-39-40(21-30(29)2)75(28-70-39)57-52(84)53(41(27-76)87-57)89-90(85,86)88-31(3)26-69-49(83)18-19-59(8)37(22-46(66)80)56-62(11)61(10,25-48(68)82)36(14-17-45(65)79)51(74-62)33(5)55-60(9,24-47(67)81)34(12-15-43(63)77)38(71-55)23-42-58(6,7)35(13-16-44(64)78)50(72-42)32(4)54(59)73-56;1-4-6(16)7(17)10(18-4)15-3-14-5-8(11)12-2-13-9(5)15;/h20-21,23,28,31,34-37,41,52-53,56-57,76,84H,12-19,22,24-27H2,1-11H3,(H15,63,64,65,66,67,68,69,71,72,73,74,77,78,79,80,81,82,83,85,86);2-4,6-7,10,16-17H,1H2,(H2,11,12,13);/q;-1;+3/p-2/t31-,34-,35-,36-,37+,41-,52-,53-,56-,57+,59-,60+,61+,62+;4-,6+,7+,10+;/m11./s1. The van der Waals surface area contributed by atoms with E-state index in [0.29, 0.717) is 62.1 Å². The Labute approximate surface area is 640 Å². The van der Waals surface area contributed by atoms with Crippen LogP contribution in [0.3, 0.4) is 0 Å². The summed E-state index contributed by atoms with van der Waals surface area (Å²) in [6.45, 7) is 22.6. The van der Waals surface area contributed by atoms with Crippen molar-refractivity contribution < 1.29 is 104 Å². The van der Waals surface area contributed by atoms with Crippen LogP contribution >= 0.6 is 7.82 Å². The van der Waals surface area contributed by atoms with Gasteiger partial charge in [0, 0.05) is 112 Å². The number of phosphoric ester groups is 1. The van der Waals surface area contributed by atoms with Crippen LogP contribution in [0.15, 0.2) is 80.4 Å². The van der Waals surface area contributed by atoms with Gasteiger partial charge in [-0.25, -0.2) is 24.5 Å². The van der Waals surface area contributed by atoms with Crippen LogP contribution in [0.2, 0.25) is 0 Å². The van der Waals surface area contributed by atoms with Crippen molar-refractivity contribution in [3.8, 4) is 0 Å². The van der Waals surface area contributed by atoms with E-state index < -0.39 is 168 Å². The number of nitrogens with two attached hydrogens (primary N) is 4. The molecular formula is C72H100CoN18O17P. The molecule has 4 amide bonds. The molecule has 109 heavy (non-hydrogen) atoms. The summed E-state index contributed by atoms with van der Waals surface area (Å²) in [7, 11) is -5.07. The SMILES string of the molecule is CC1=C2N=C(C=C3NC(=C(C)C4=N[C@@](C)([C@@H]5N=C1[C@](C)(CCC(=O)NC[C@@H](C)OP(=O)(O)O[C@H]1[C@@H](O)[C@@H]([n+]6c[nH]c7cc(C)c(C)cc76)O[C@@H]1CO)[C@H]5CC(N)=O)[C@@](C)(CC(N)=O)[C@@H]4CCC(=N)[O-])[C@@](C)(CC(N)=O)[C@@H]3CCC(=N)[O-])C(C)(C)[C@@H]2CCC(=N)[O-].[CH2-][C@H]1O[C@H](n2cnc3c(N)ncnc32)[C@@H](O)[C@H]1O.[Co+3]. The Morgan fingerprint density at radius 2 is 1.46 bits per heavy atom. The zero-order valence-electron chi connectivity index (χ0n) is 62.7. The second-order valence-electron chi connectivity index (χ2n) is 31.1. The first kappa shape index (κ1) is 84.8. The van der Waals surface area contributed by atoms with Gasteiger partial charge >= 0.3 is 24.6 Å². The molecule has 0 radical (unpaired) electrons. The van der Waals surface area contributed by atoms with E-state index >= 15 is 0 Å². The van der Waals surface area contributed by atoms with Gasteiger partial charge in [0.15, 0.2) is 28.7 Å². The molecule has 7 aliphatic rings. The van der Waals surface area contributed by atoms with Crippen LogP contribution in [0.25, 0.3) is 22.2 Å². The van der Waals surface area contributed by atoms with E-state index in [1.807, 2.05) is 59.8 Å². The summed E-state index contributed by atoms with van der Waals surface area (Å²) in [5, 5.41) is 110. The van der Waals surface area contributed by atoms with Crippen molar-refractivity contribution in [2.24, 2.45) is 77.5 Å². The smallest absolute Gasteiger partial charge is 0.862 e. The minimum Gasteiger partial charge on any atom is -0.862 e. The van der Waals surface area contributed by atoms with E-state index in [4.69, 9.17) is 72.7 Å². The Kier molecular flexibility index (Phi) is 25.0. The first-order chi connectivity index (χ1) is 50.4. The molecule has 3 fully saturated rings. The molecule has 0 saturated carbocycles. The Bertz CT molecular complexity index is 4520. The Balaban J connectivity index is 0.000000623. The molecule has 1 unspecified atom stereocenters. The molecule has 0 aliphatic carbocycles. The molecule has 35 nitrogen and oxygen atoms in total. The number of ether oxygens (including phenoxy) is 2. The first-order valence-corrected chi connectivity index (χ1v) is 37.4. The third-order valence-electron chi connectivity index (χ3n) is 23.6. The number of aromatic nitrogens is 6. The predicted octanol–water partition coefficient (Wildman–Crippen LogP) is 0.998. The number of aliphatic hydroxyl groups is 4. The summed E-state index contributed by atoms with van der Waals surface area (Å²) in [6, 6.07) is 2.74. The summed E-state index contributed by atoms with van der Waals surface area (Å²) in [5.41, 5.74) is 25.9. The van der Waals surface area contributed by atoms with Crippen molar-refractivity contribution in [3.05, 3.63) is 83.5 Å². The van der Waals surface area contributed by atoms with E-state index in [9.17, 15) is 64.4 Å². The van der Waals surface area contributed by atoms with E-state index in [2.05, 4.69) is 37.5 Å². The molecule has 7 aliphatic heterocycles. The minimum absolute atomic E-state index is 0. The van der Waals surface area contributed by atoms with Gasteiger partial charge in [-0.3, -0.25) is 47.8 Å². The van der Waals surface area contributed by atoms with Gasteiger partial charge in [0.05, 0.1) is 36.7 Å². The molecule has 10 heterocycles. The number of carbonyl (C=O) groups is 4. The second-order valence-corrected chi connectivity index (χ2v) is 32.5. The topological polar surface area (TPSA) is 593 Å². The molecule has 11 rings (SSSR count). The van der Waals surface area contributed by atoms with Gasteiger partial charge in [-0.1, -0.05) is 34.6 Å². The molecule has 19 N–H and O–H groups in total. The van der Waals surface area contributed by atoms with Crippen LogP contribution in [0.1, 0.15) is 157 Å². The quantitative estimate of drug-likeness (QED) is 0.0130. The van der Waals surface area contributed by atoms with Gasteiger partial charge in [0.1, 0.15) is 36.3 Å². The number of fused-ring (bicyclic) bond motifs is 8. The summed E-state index contributed by atoms with van der Waals surface area (Å²) >= 11 is 0. The number of aromatic amines is 1. The molecule has 1 aromatic carbocycles. The number of H-pyrrole nitrogens is 1. The zero-order chi connectivity index (χ0) is 79.6. The van der Waals surface area contributed by atoms with Crippen molar-refractivity contribution in [2.45, 2.75) is 214 Å². The monoisotopic (exact) mass is 1580 g/mol. The molecule has 3 saturated heterocycles. The number of carbonyl (C=O) groups excluding carboxylic acids is 4. The second kappa shape index (κ2) is 32.2. The average Bonchev–Trinajstić information content (AvgIpc) is 1.53. The van der Waals surface area contributed by atoms with E-state index in [-0.39, 0.29) is 99.8 Å². The number of allylic oxidation sites excluding steroid dienone is 6. The Morgan fingerprint density at radius 1 is 0.835 bits per heavy atom. The predicted molar refractivity (Wildman–Crippen MR) is 389 cm³/mol. The maximum Gasteiger partial charge on any atom is 3.00 e. The number of primary amides is 3. The number of aliphatic imine (C=N–C) groups is 3. The maximum absolute atomic E-state index is 14.4. The molecule has 3 aromatic heterocycles. The van der Waals surface area contributed by atoms with Crippen LogP contribution in [0.4, 0.5) is 5.82 Å². The van der Waals surface area contributed by atoms with Crippen molar-refractivity contribution in [1.29, 1.82) is 16.2 Å². The molecule has 19 atom stereocenters. The van der Waals surface area contributed by atoms with Crippen LogP contribution in [0.5, 0.6) is 0 Å². The van der Waals surface area contributed by atoms with Crippen LogP contribution in [0, 0.1) is 82.3 Å². The van der Waals surface area contributed by atoms with Crippen LogP contribution in [-0.2, 0) is 59.0 Å². The number of phosphoric acid groups is 1. The van der Waals surface area contributed by atoms with Crippen molar-refractivity contribution >= 4 is 94.3 Å². The zero-order valence-corrected chi connectivity index (χ0v) is 64.7. The van der Waals surface area contributed by atoms with Gasteiger partial charge in [0.2, 0.25) is 36.2 Å². The number of aryl methyl sites for hydroxylation is 2. The van der Waals surface area contributed by atoms with Gasteiger partial charge in [-0.2, -0.15) is 4.57 Å². The number of nitrogens with one attached hydrogen (secondary N) is 6. The largest absolute Gasteiger partial charge is 3.00 e. The van der Waals surface area contributed by atoms with Gasteiger partial charge < -0.3 is 107 Å². The number of aliphatic hydroxyl groups excluding tert-OH is 4. The summed E-state index contributed by atoms with van der Waals surface area (Å²) in [4.78, 5) is 98.0. The third-order valence-corrected chi connectivity index (χ3v) is 24.7. The Hall–Kier alpha value is -8.26. The third kappa shape index (κ3) is 16.3. The minimum atomic E-state index is -5.07. The first-order valence-electron chi connectivity index (χ1n) is 35.9. The van der Waals surface area contributed by atoms with E-state index in [1.165, 1.54) is 24.1 Å². The van der Waals surface area contributed by atoms with Crippen molar-refractivity contribution in [3.63, 3.8) is 0 Å². The Morgan fingerprint density at radius 3 is 2.06 bits per heavy atom. The number of hydrogen-bond acceptors (Lipinski definition) is 27. The maximum atomic E-state index is 14.4. The fraction of sp³-hybridized carbons (Fsp3) is 0.597. The number of nitrogen functional groups attached to an aromatic ring is 1. The normalized spacial score (nSPS) is 31.8. The number of anilines is 1. The number of benzene rings is 1. The fourth-order valence-corrected chi connectivity index (χ4v) is 18.6. The molecule has 37 heteroatoms. The molecule has 4 aromatic rings. The van der Waals surface area contributed by atoms with Gasteiger partial charge in [0.25, 0.3) is 0 Å². The summed E-state index contributed by atoms with van der Waals surface area (Å²) in [5.74, 6) is -7.99. The molecular weight excluding hydrogens is 1480 g/mol. The molecule has 594 valence electrons. The fourth-order valence-electron chi connectivity index (χ4n) is 17.5. The summed E-state index contributed by atoms with van der Waals surface area (Å²) < 4.78 is 39.2. The summed E-state index contributed by atoms with van der Waals surface area (Å²) in [6.07, 6.45) is -5.76. The number of rotatable bonds is 27. The van der Waals surface area contributed by atoms with Crippen molar-refractivity contribution in [2.75, 3.05) is 18.9 Å². The number of imidazole rings is 2. The number of amides is 4. The number of hydrogen-bond donors (Lipinski definition) is 15. The average molecular weight is 1580 g/mol. The van der Waals surface area contributed by atoms with E-state index in [0.717, 1.165) is 16.6 Å². The van der Waals surface area contributed by atoms with Crippen molar-refractivity contribution in [1.82, 2.24) is 35.1 Å². The number of nitrogens with zero attached hydrogens (tertiary/aromatic N) is 8. The van der Waals surface area contributed by atoms with Gasteiger partial charge in [-0.05, 0) is 151 Å². The molecule has 8 bridgehead atoms. The molecule has 0 spiro atoms. The van der Waals surface area contributed by atoms with Crippen LogP contribution in [-0.4, -0.2) is 176 Å².